The predicted octanol–water partition coefficient (Wildman–Crippen LogP) is 0.0995. The molecule has 0 spiro atoms. The van der Waals surface area contributed by atoms with Gasteiger partial charge in [-0.25, -0.2) is 13.2 Å². The van der Waals surface area contributed by atoms with Gasteiger partial charge < -0.3 is 15.3 Å². The van der Waals surface area contributed by atoms with Crippen molar-refractivity contribution in [1.82, 2.24) is 10.2 Å². The number of rotatable bonds is 5. The van der Waals surface area contributed by atoms with Gasteiger partial charge in [0.15, 0.2) is 5.84 Å². The smallest absolute Gasteiger partial charge is 0.326 e. The van der Waals surface area contributed by atoms with Crippen LogP contribution in [0.1, 0.15) is 20.3 Å². The molecular weight excluding hydrogens is 322 g/mol. The zero-order chi connectivity index (χ0) is 17.2. The van der Waals surface area contributed by atoms with Crippen molar-refractivity contribution in [2.24, 2.45) is 10.3 Å². The van der Waals surface area contributed by atoms with Crippen molar-refractivity contribution in [3.05, 3.63) is 23.9 Å². The maximum absolute atomic E-state index is 12.4. The maximum atomic E-state index is 12.4. The molecule has 1 atom stereocenters. The van der Waals surface area contributed by atoms with E-state index in [1.54, 1.807) is 17.2 Å². The van der Waals surface area contributed by atoms with E-state index in [-0.39, 0.29) is 36.0 Å². The molecule has 0 aromatic heterocycles. The lowest BCUT2D eigenvalue weighted by Crippen LogP contribution is -2.47. The Morgan fingerprint density at radius 3 is 2.74 bits per heavy atom. The number of allylic oxidation sites excluding steroid dienone is 2. The molecule has 0 aromatic rings. The van der Waals surface area contributed by atoms with Gasteiger partial charge in [-0.05, 0) is 24.5 Å². The molecule has 1 amide bonds. The minimum absolute atomic E-state index is 0.0323. The Balaban J connectivity index is 2.24. The Bertz CT molecular complexity index is 706. The third kappa shape index (κ3) is 4.19. The maximum Gasteiger partial charge on any atom is 0.326 e. The summed E-state index contributed by atoms with van der Waals surface area (Å²) < 4.78 is 27.0. The quantitative estimate of drug-likeness (QED) is 0.732. The fourth-order valence-corrected chi connectivity index (χ4v) is 3.31. The van der Waals surface area contributed by atoms with Gasteiger partial charge in [-0.1, -0.05) is 13.8 Å². The number of amides is 1. The molecule has 2 heterocycles. The van der Waals surface area contributed by atoms with Gasteiger partial charge >= 0.3 is 5.97 Å². The van der Waals surface area contributed by atoms with Crippen LogP contribution in [0.5, 0.6) is 0 Å². The van der Waals surface area contributed by atoms with E-state index in [9.17, 15) is 23.1 Å². The first kappa shape index (κ1) is 17.2. The second-order valence-electron chi connectivity index (χ2n) is 5.81. The minimum Gasteiger partial charge on any atom is -0.480 e. The van der Waals surface area contributed by atoms with Crippen molar-refractivity contribution < 1.29 is 23.1 Å². The molecule has 126 valence electrons. The summed E-state index contributed by atoms with van der Waals surface area (Å²) in [6.45, 7) is 3.91. The first-order valence-corrected chi connectivity index (χ1v) is 8.82. The van der Waals surface area contributed by atoms with Crippen LogP contribution >= 0.6 is 0 Å². The zero-order valence-electron chi connectivity index (χ0n) is 12.9. The average molecular weight is 341 g/mol. The summed E-state index contributed by atoms with van der Waals surface area (Å²) in [6.07, 6.45) is 4.94. The van der Waals surface area contributed by atoms with E-state index in [0.717, 1.165) is 0 Å². The molecule has 0 radical (unpaired) electrons. The number of amidine groups is 1. The zero-order valence-corrected chi connectivity index (χ0v) is 13.7. The van der Waals surface area contributed by atoms with Crippen LogP contribution in [0.3, 0.4) is 0 Å². The summed E-state index contributed by atoms with van der Waals surface area (Å²) in [7, 11) is -3.61. The van der Waals surface area contributed by atoms with E-state index in [4.69, 9.17) is 0 Å². The number of nitrogens with zero attached hydrogens (tertiary/aromatic N) is 2. The van der Waals surface area contributed by atoms with E-state index in [0.29, 0.717) is 0 Å². The van der Waals surface area contributed by atoms with Gasteiger partial charge in [0, 0.05) is 12.7 Å². The third-order valence-corrected chi connectivity index (χ3v) is 4.56. The van der Waals surface area contributed by atoms with Crippen LogP contribution < -0.4 is 5.32 Å². The normalized spacial score (nSPS) is 20.4. The largest absolute Gasteiger partial charge is 0.480 e. The standard InChI is InChI=1S/C14H19N3O5S/c1-9(2)8-11(14(19)20)15-13(18)10-4-3-5-17-6-7-23(21,22)16-12(10)17/h3-5,9,11H,6-8H2,1-2H3,(H,15,18)(H,19,20)/t11-/m1/s1. The molecule has 0 fully saturated rings. The van der Waals surface area contributed by atoms with E-state index < -0.39 is 27.9 Å². The van der Waals surface area contributed by atoms with Gasteiger partial charge in [-0.15, -0.1) is 4.40 Å². The van der Waals surface area contributed by atoms with Gasteiger partial charge in [0.25, 0.3) is 15.9 Å². The lowest BCUT2D eigenvalue weighted by atomic mass is 10.0. The van der Waals surface area contributed by atoms with Crippen molar-refractivity contribution >= 4 is 27.7 Å². The molecule has 0 unspecified atom stereocenters. The molecule has 0 bridgehead atoms. The molecule has 0 aromatic carbocycles. The molecule has 2 aliphatic heterocycles. The Morgan fingerprint density at radius 1 is 1.43 bits per heavy atom. The molecule has 8 nitrogen and oxygen atoms in total. The number of fused-ring (bicyclic) bond motifs is 1. The van der Waals surface area contributed by atoms with Crippen LogP contribution in [0, 0.1) is 5.92 Å². The Morgan fingerprint density at radius 2 is 2.13 bits per heavy atom. The lowest BCUT2D eigenvalue weighted by molar-refractivity contribution is -0.141. The van der Waals surface area contributed by atoms with Crippen molar-refractivity contribution in [2.45, 2.75) is 26.3 Å². The Labute approximate surface area is 134 Å². The van der Waals surface area contributed by atoms with Gasteiger partial charge in [0.05, 0.1) is 11.3 Å². The number of hydrogen-bond acceptors (Lipinski definition) is 5. The molecule has 0 saturated heterocycles. The Kier molecular flexibility index (Phi) is 4.88. The molecule has 2 rings (SSSR count). The molecular formula is C14H19N3O5S. The summed E-state index contributed by atoms with van der Waals surface area (Å²) in [5.74, 6) is -1.79. The summed E-state index contributed by atoms with van der Waals surface area (Å²) in [5.41, 5.74) is 0.0470. The highest BCUT2D eigenvalue weighted by Gasteiger charge is 2.31. The number of carboxylic acid groups (broad SMARTS) is 1. The number of carbonyl (C=O) groups excluding carboxylic acids is 1. The average Bonchev–Trinajstić information content (AvgIpc) is 2.44. The number of carbonyl (C=O) groups is 2. The fourth-order valence-electron chi connectivity index (χ4n) is 2.32. The fraction of sp³-hybridized carbons (Fsp3) is 0.500. The lowest BCUT2D eigenvalue weighted by Gasteiger charge is -2.29. The summed E-state index contributed by atoms with van der Waals surface area (Å²) >= 11 is 0. The van der Waals surface area contributed by atoms with E-state index in [1.165, 1.54) is 6.08 Å². The molecule has 0 aliphatic carbocycles. The van der Waals surface area contributed by atoms with Gasteiger partial charge in [-0.3, -0.25) is 4.79 Å². The highest BCUT2D eigenvalue weighted by Crippen LogP contribution is 2.18. The SMILES string of the molecule is CC(C)C[C@@H](NC(=O)C1=CC=CN2CCS(=O)(=O)N=C12)C(=O)O. The first-order valence-electron chi connectivity index (χ1n) is 7.21. The minimum atomic E-state index is -3.61. The van der Waals surface area contributed by atoms with Gasteiger partial charge in [0.2, 0.25) is 0 Å². The number of hydrogen-bond donors (Lipinski definition) is 2. The van der Waals surface area contributed by atoms with Crippen LogP contribution in [0.25, 0.3) is 0 Å². The molecule has 9 heteroatoms. The molecule has 2 N–H and O–H groups in total. The second-order valence-corrected chi connectivity index (χ2v) is 7.56. The van der Waals surface area contributed by atoms with E-state index in [1.807, 2.05) is 13.8 Å². The molecule has 2 aliphatic rings. The highest BCUT2D eigenvalue weighted by atomic mass is 32.2. The summed E-state index contributed by atoms with van der Waals surface area (Å²) in [4.78, 5) is 25.2. The number of sulfonamides is 1. The number of nitrogens with one attached hydrogen (secondary N) is 1. The van der Waals surface area contributed by atoms with Crippen LogP contribution in [0.2, 0.25) is 0 Å². The van der Waals surface area contributed by atoms with Crippen LogP contribution in [0.4, 0.5) is 0 Å². The topological polar surface area (TPSA) is 116 Å². The second kappa shape index (κ2) is 6.53. The predicted molar refractivity (Wildman–Crippen MR) is 84.2 cm³/mol. The first-order chi connectivity index (χ1) is 10.7. The molecule has 23 heavy (non-hydrogen) atoms. The van der Waals surface area contributed by atoms with Crippen molar-refractivity contribution in [3.63, 3.8) is 0 Å². The molecule has 0 saturated carbocycles. The highest BCUT2D eigenvalue weighted by molar-refractivity contribution is 7.90. The van der Waals surface area contributed by atoms with Gasteiger partial charge in [0.1, 0.15) is 6.04 Å². The van der Waals surface area contributed by atoms with E-state index in [2.05, 4.69) is 9.71 Å². The van der Waals surface area contributed by atoms with Crippen LogP contribution in [-0.2, 0) is 19.6 Å². The number of aliphatic carboxylic acids is 1. The Hall–Kier alpha value is -2.16. The number of carboxylic acids is 1. The monoisotopic (exact) mass is 341 g/mol. The van der Waals surface area contributed by atoms with Crippen molar-refractivity contribution in [3.8, 4) is 0 Å². The third-order valence-electron chi connectivity index (χ3n) is 3.41. The van der Waals surface area contributed by atoms with E-state index >= 15 is 0 Å². The van der Waals surface area contributed by atoms with Crippen LogP contribution in [-0.4, -0.2) is 54.5 Å². The summed E-state index contributed by atoms with van der Waals surface area (Å²) in [6, 6.07) is -1.04. The van der Waals surface area contributed by atoms with Crippen molar-refractivity contribution in [2.75, 3.05) is 12.3 Å². The van der Waals surface area contributed by atoms with Gasteiger partial charge in [-0.2, -0.15) is 0 Å². The van der Waals surface area contributed by atoms with Crippen molar-refractivity contribution in [1.29, 1.82) is 0 Å². The summed E-state index contributed by atoms with van der Waals surface area (Å²) in [5, 5.41) is 11.6. The van der Waals surface area contributed by atoms with Crippen LogP contribution in [0.15, 0.2) is 28.3 Å².